The van der Waals surface area contributed by atoms with Crippen molar-refractivity contribution in [1.82, 2.24) is 10.2 Å². The van der Waals surface area contributed by atoms with Gasteiger partial charge in [-0.3, -0.25) is 15.2 Å². The molecule has 7 heteroatoms. The van der Waals surface area contributed by atoms with E-state index in [9.17, 15) is 18.9 Å². The second kappa shape index (κ2) is 3.93. The minimum Gasteiger partial charge on any atom is -0.271 e. The van der Waals surface area contributed by atoms with Crippen LogP contribution in [0.1, 0.15) is 5.56 Å². The predicted octanol–water partition coefficient (Wildman–Crippen LogP) is 2.57. The number of hydrogen-bond acceptors (Lipinski definition) is 3. The van der Waals surface area contributed by atoms with Crippen molar-refractivity contribution in [3.05, 3.63) is 45.6 Å². The molecule has 0 aliphatic rings. The second-order valence-corrected chi connectivity index (χ2v) is 3.47. The molecular formula is C10H7F2N3O2. The molecule has 0 bridgehead atoms. The first kappa shape index (κ1) is 11.2. The van der Waals surface area contributed by atoms with Crippen molar-refractivity contribution >= 4 is 5.69 Å². The first-order chi connectivity index (χ1) is 8.00. The van der Waals surface area contributed by atoms with Crippen molar-refractivity contribution in [3.63, 3.8) is 0 Å². The minimum atomic E-state index is -0.740. The summed E-state index contributed by atoms with van der Waals surface area (Å²) in [6, 6.07) is 1.89. The Morgan fingerprint density at radius 2 is 2.06 bits per heavy atom. The number of rotatable bonds is 2. The Hall–Kier alpha value is -2.31. The van der Waals surface area contributed by atoms with E-state index in [4.69, 9.17) is 0 Å². The van der Waals surface area contributed by atoms with E-state index in [1.54, 1.807) is 0 Å². The van der Waals surface area contributed by atoms with Gasteiger partial charge in [0.15, 0.2) is 0 Å². The minimum absolute atomic E-state index is 0.133. The fourth-order valence-electron chi connectivity index (χ4n) is 1.45. The van der Waals surface area contributed by atoms with Crippen LogP contribution in [0.5, 0.6) is 0 Å². The van der Waals surface area contributed by atoms with Crippen molar-refractivity contribution in [2.45, 2.75) is 6.92 Å². The van der Waals surface area contributed by atoms with E-state index in [1.807, 2.05) is 0 Å². The molecule has 1 aromatic heterocycles. The predicted molar refractivity (Wildman–Crippen MR) is 55.3 cm³/mol. The Balaban J connectivity index is 2.64. The number of nitrogens with one attached hydrogen (secondary N) is 1. The number of hydrogen-bond donors (Lipinski definition) is 1. The SMILES string of the molecule is Cc1cc(F)c(-c2[nH]ncc2[N+](=O)[O-])cc1F. The summed E-state index contributed by atoms with van der Waals surface area (Å²) in [4.78, 5) is 9.94. The van der Waals surface area contributed by atoms with Crippen LogP contribution in [0.4, 0.5) is 14.5 Å². The van der Waals surface area contributed by atoms with E-state index in [0.717, 1.165) is 18.3 Å². The first-order valence-corrected chi connectivity index (χ1v) is 4.64. The number of aromatic nitrogens is 2. The van der Waals surface area contributed by atoms with Crippen LogP contribution in [0.15, 0.2) is 18.3 Å². The number of benzene rings is 1. The number of aryl methyl sites for hydroxylation is 1. The molecule has 2 aromatic rings. The molecule has 0 amide bonds. The van der Waals surface area contributed by atoms with Crippen LogP contribution in [0.2, 0.25) is 0 Å². The molecule has 0 aliphatic carbocycles. The molecule has 0 unspecified atom stereocenters. The van der Waals surface area contributed by atoms with Crippen LogP contribution in [-0.4, -0.2) is 15.1 Å². The van der Waals surface area contributed by atoms with Crippen LogP contribution in [0.3, 0.4) is 0 Å². The van der Waals surface area contributed by atoms with Crippen LogP contribution in [0.25, 0.3) is 11.3 Å². The summed E-state index contributed by atoms with van der Waals surface area (Å²) in [5.41, 5.74) is -0.621. The lowest BCUT2D eigenvalue weighted by atomic mass is 10.1. The van der Waals surface area contributed by atoms with Gasteiger partial charge in [-0.2, -0.15) is 5.10 Å². The fourth-order valence-corrected chi connectivity index (χ4v) is 1.45. The first-order valence-electron chi connectivity index (χ1n) is 4.64. The Bertz CT molecular complexity index is 595. The summed E-state index contributed by atoms with van der Waals surface area (Å²) in [7, 11) is 0. The smallest absolute Gasteiger partial charge is 0.271 e. The molecule has 0 aliphatic heterocycles. The molecule has 0 radical (unpaired) electrons. The van der Waals surface area contributed by atoms with Gasteiger partial charge in [0.1, 0.15) is 23.5 Å². The number of halogens is 2. The summed E-state index contributed by atoms with van der Waals surface area (Å²) < 4.78 is 26.9. The van der Waals surface area contributed by atoms with E-state index in [0.29, 0.717) is 0 Å². The van der Waals surface area contributed by atoms with Gasteiger partial charge in [0, 0.05) is 5.56 Å². The molecule has 1 aromatic carbocycles. The number of nitro groups is 1. The fraction of sp³-hybridized carbons (Fsp3) is 0.100. The molecule has 17 heavy (non-hydrogen) atoms. The molecular weight excluding hydrogens is 232 g/mol. The number of aromatic amines is 1. The molecule has 2 rings (SSSR count). The maximum absolute atomic E-state index is 13.6. The lowest BCUT2D eigenvalue weighted by molar-refractivity contribution is -0.384. The molecule has 1 N–H and O–H groups in total. The molecule has 88 valence electrons. The Morgan fingerprint density at radius 1 is 1.35 bits per heavy atom. The van der Waals surface area contributed by atoms with Crippen molar-refractivity contribution in [3.8, 4) is 11.3 Å². The van der Waals surface area contributed by atoms with E-state index in [-0.39, 0.29) is 16.8 Å². The van der Waals surface area contributed by atoms with Gasteiger partial charge >= 0.3 is 5.69 Å². The summed E-state index contributed by atoms with van der Waals surface area (Å²) in [6.07, 6.45) is 0.951. The molecule has 1 heterocycles. The van der Waals surface area contributed by atoms with Gasteiger partial charge in [0.05, 0.1) is 4.92 Å². The standard InChI is InChI=1S/C10H7F2N3O2/c1-5-2-8(12)6(3-7(5)11)10-9(15(16)17)4-13-14-10/h2-4H,1H3,(H,13,14). The van der Waals surface area contributed by atoms with Gasteiger partial charge in [-0.05, 0) is 24.6 Å². The highest BCUT2D eigenvalue weighted by atomic mass is 19.1. The second-order valence-electron chi connectivity index (χ2n) is 3.47. The average Bonchev–Trinajstić information content (AvgIpc) is 2.72. The van der Waals surface area contributed by atoms with E-state index >= 15 is 0 Å². The molecule has 5 nitrogen and oxygen atoms in total. The number of H-pyrrole nitrogens is 1. The van der Waals surface area contributed by atoms with Gasteiger partial charge in [0.25, 0.3) is 0 Å². The van der Waals surface area contributed by atoms with Crippen LogP contribution < -0.4 is 0 Å². The average molecular weight is 239 g/mol. The summed E-state index contributed by atoms with van der Waals surface area (Å²) in [5.74, 6) is -1.37. The van der Waals surface area contributed by atoms with Crippen LogP contribution >= 0.6 is 0 Å². The van der Waals surface area contributed by atoms with Gasteiger partial charge < -0.3 is 0 Å². The maximum atomic E-state index is 13.6. The van der Waals surface area contributed by atoms with Crippen molar-refractivity contribution in [2.75, 3.05) is 0 Å². The van der Waals surface area contributed by atoms with Crippen molar-refractivity contribution in [1.29, 1.82) is 0 Å². The Labute approximate surface area is 94.2 Å². The number of nitrogens with zero attached hydrogens (tertiary/aromatic N) is 2. The highest BCUT2D eigenvalue weighted by Gasteiger charge is 2.21. The zero-order chi connectivity index (χ0) is 12.6. The highest BCUT2D eigenvalue weighted by Crippen LogP contribution is 2.30. The third-order valence-electron chi connectivity index (χ3n) is 2.33. The Morgan fingerprint density at radius 3 is 2.71 bits per heavy atom. The monoisotopic (exact) mass is 239 g/mol. The third-order valence-corrected chi connectivity index (χ3v) is 2.33. The van der Waals surface area contributed by atoms with Gasteiger partial charge in [0.2, 0.25) is 0 Å². The van der Waals surface area contributed by atoms with Crippen LogP contribution in [-0.2, 0) is 0 Å². The van der Waals surface area contributed by atoms with Gasteiger partial charge in [-0.15, -0.1) is 0 Å². The zero-order valence-electron chi connectivity index (χ0n) is 8.70. The van der Waals surface area contributed by atoms with E-state index in [2.05, 4.69) is 10.2 Å². The van der Waals surface area contributed by atoms with Gasteiger partial charge in [-0.1, -0.05) is 0 Å². The lowest BCUT2D eigenvalue weighted by Crippen LogP contribution is -1.94. The van der Waals surface area contributed by atoms with Crippen molar-refractivity contribution < 1.29 is 13.7 Å². The maximum Gasteiger partial charge on any atom is 0.314 e. The molecule has 0 saturated heterocycles. The zero-order valence-corrected chi connectivity index (χ0v) is 8.70. The Kier molecular flexibility index (Phi) is 2.58. The van der Waals surface area contributed by atoms with Crippen LogP contribution in [0, 0.1) is 28.7 Å². The van der Waals surface area contributed by atoms with Crippen molar-refractivity contribution in [2.24, 2.45) is 0 Å². The summed E-state index contributed by atoms with van der Waals surface area (Å²) >= 11 is 0. The largest absolute Gasteiger partial charge is 0.314 e. The van der Waals surface area contributed by atoms with E-state index < -0.39 is 22.2 Å². The third kappa shape index (κ3) is 1.86. The molecule has 0 saturated carbocycles. The lowest BCUT2D eigenvalue weighted by Gasteiger charge is -2.03. The molecule has 0 spiro atoms. The highest BCUT2D eigenvalue weighted by molar-refractivity contribution is 5.69. The van der Waals surface area contributed by atoms with E-state index in [1.165, 1.54) is 6.92 Å². The molecule has 0 atom stereocenters. The summed E-state index contributed by atoms with van der Waals surface area (Å²) in [5, 5.41) is 16.4. The summed E-state index contributed by atoms with van der Waals surface area (Å²) in [6.45, 7) is 1.41. The molecule has 0 fully saturated rings. The van der Waals surface area contributed by atoms with Gasteiger partial charge in [-0.25, -0.2) is 8.78 Å². The topological polar surface area (TPSA) is 71.8 Å². The quantitative estimate of drug-likeness (QED) is 0.646. The normalized spacial score (nSPS) is 10.5.